The van der Waals surface area contributed by atoms with Crippen molar-refractivity contribution in [3.05, 3.63) is 0 Å². The lowest BCUT2D eigenvalue weighted by atomic mass is 9.94. The summed E-state index contributed by atoms with van der Waals surface area (Å²) in [6.45, 7) is 3.04. The molecule has 1 atom stereocenters. The van der Waals surface area contributed by atoms with Gasteiger partial charge in [-0.3, -0.25) is 4.79 Å². The minimum Gasteiger partial charge on any atom is -0.368 e. The molecule has 4 heteroatoms. The first kappa shape index (κ1) is 16.8. The molecule has 0 spiro atoms. The molecule has 0 aromatic carbocycles. The average molecular weight is 295 g/mol. The van der Waals surface area contributed by atoms with E-state index in [1.165, 1.54) is 51.4 Å². The van der Waals surface area contributed by atoms with Crippen molar-refractivity contribution in [3.63, 3.8) is 0 Å². The Kier molecular flexibility index (Phi) is 6.06. The quantitative estimate of drug-likeness (QED) is 0.676. The van der Waals surface area contributed by atoms with Gasteiger partial charge in [0.1, 0.15) is 0 Å². The third kappa shape index (κ3) is 5.26. The normalized spacial score (nSPS) is 23.8. The molecule has 0 saturated heterocycles. The maximum Gasteiger partial charge on any atom is 0.237 e. The van der Waals surface area contributed by atoms with Gasteiger partial charge in [-0.15, -0.1) is 0 Å². The van der Waals surface area contributed by atoms with Gasteiger partial charge in [-0.2, -0.15) is 0 Å². The molecule has 4 nitrogen and oxygen atoms in total. The second kappa shape index (κ2) is 7.59. The molecule has 0 bridgehead atoms. The summed E-state index contributed by atoms with van der Waals surface area (Å²) < 4.78 is 0. The zero-order valence-electron chi connectivity index (χ0n) is 13.9. The van der Waals surface area contributed by atoms with Crippen LogP contribution in [0.1, 0.15) is 71.1 Å². The predicted molar refractivity (Wildman–Crippen MR) is 87.1 cm³/mol. The van der Waals surface area contributed by atoms with Crippen molar-refractivity contribution in [3.8, 4) is 0 Å². The molecule has 2 fully saturated rings. The molecule has 0 radical (unpaired) electrons. The van der Waals surface area contributed by atoms with E-state index in [0.29, 0.717) is 6.04 Å². The van der Waals surface area contributed by atoms with Gasteiger partial charge in [0.15, 0.2) is 0 Å². The van der Waals surface area contributed by atoms with Gasteiger partial charge in [-0.05, 0) is 59.0 Å². The van der Waals surface area contributed by atoms with Crippen LogP contribution in [0.5, 0.6) is 0 Å². The molecule has 0 aromatic heterocycles. The van der Waals surface area contributed by atoms with Gasteiger partial charge >= 0.3 is 0 Å². The van der Waals surface area contributed by atoms with Crippen LogP contribution >= 0.6 is 0 Å². The largest absolute Gasteiger partial charge is 0.368 e. The third-order valence-corrected chi connectivity index (χ3v) is 5.28. The van der Waals surface area contributed by atoms with Crippen LogP contribution in [-0.2, 0) is 4.79 Å². The standard InChI is InChI=1S/C17H33N3O/c1-17(16(18)21,19-14-10-11-14)12-7-13-20(2)15-8-5-3-4-6-9-15/h14-15,19H,3-13H2,1-2H3,(H2,18,21). The summed E-state index contributed by atoms with van der Waals surface area (Å²) >= 11 is 0. The van der Waals surface area contributed by atoms with Crippen molar-refractivity contribution >= 4 is 5.91 Å². The van der Waals surface area contributed by atoms with Crippen molar-refractivity contribution in [2.24, 2.45) is 5.73 Å². The van der Waals surface area contributed by atoms with E-state index in [1.54, 1.807) is 0 Å². The van der Waals surface area contributed by atoms with E-state index in [9.17, 15) is 4.79 Å². The zero-order valence-corrected chi connectivity index (χ0v) is 13.9. The number of nitrogens with one attached hydrogen (secondary N) is 1. The van der Waals surface area contributed by atoms with E-state index in [1.807, 2.05) is 6.92 Å². The number of hydrogen-bond donors (Lipinski definition) is 2. The lowest BCUT2D eigenvalue weighted by Gasteiger charge is -2.31. The molecule has 0 aromatic rings. The van der Waals surface area contributed by atoms with Gasteiger partial charge < -0.3 is 16.0 Å². The highest BCUT2D eigenvalue weighted by Gasteiger charge is 2.36. The van der Waals surface area contributed by atoms with Crippen molar-refractivity contribution in [1.82, 2.24) is 10.2 Å². The molecular formula is C17H33N3O. The fourth-order valence-corrected chi connectivity index (χ4v) is 3.51. The predicted octanol–water partition coefficient (Wildman–Crippen LogP) is 2.42. The van der Waals surface area contributed by atoms with Gasteiger partial charge in [0.25, 0.3) is 0 Å². The summed E-state index contributed by atoms with van der Waals surface area (Å²) in [7, 11) is 2.24. The summed E-state index contributed by atoms with van der Waals surface area (Å²) in [6.07, 6.45) is 12.5. The molecule has 122 valence electrons. The van der Waals surface area contributed by atoms with E-state index in [-0.39, 0.29) is 5.91 Å². The maximum atomic E-state index is 11.8. The minimum atomic E-state index is -0.522. The van der Waals surface area contributed by atoms with E-state index in [4.69, 9.17) is 5.73 Å². The highest BCUT2D eigenvalue weighted by atomic mass is 16.1. The fourth-order valence-electron chi connectivity index (χ4n) is 3.51. The number of rotatable bonds is 8. The molecule has 2 aliphatic rings. The molecule has 2 rings (SSSR count). The zero-order chi connectivity index (χ0) is 15.3. The number of carbonyl (C=O) groups is 1. The molecular weight excluding hydrogens is 262 g/mol. The summed E-state index contributed by atoms with van der Waals surface area (Å²) in [5, 5.41) is 3.44. The second-order valence-electron chi connectivity index (χ2n) is 7.34. The van der Waals surface area contributed by atoms with Crippen LogP contribution in [0.15, 0.2) is 0 Å². The molecule has 2 aliphatic carbocycles. The van der Waals surface area contributed by atoms with E-state index >= 15 is 0 Å². The smallest absolute Gasteiger partial charge is 0.237 e. The summed E-state index contributed by atoms with van der Waals surface area (Å²) in [5.41, 5.74) is 5.09. The maximum absolute atomic E-state index is 11.8. The minimum absolute atomic E-state index is 0.202. The van der Waals surface area contributed by atoms with Gasteiger partial charge in [0.05, 0.1) is 5.54 Å². The summed E-state index contributed by atoms with van der Waals surface area (Å²) in [4.78, 5) is 14.3. The second-order valence-corrected chi connectivity index (χ2v) is 7.34. The number of nitrogens with zero attached hydrogens (tertiary/aromatic N) is 1. The Hall–Kier alpha value is -0.610. The highest BCUT2D eigenvalue weighted by molar-refractivity contribution is 5.84. The molecule has 2 saturated carbocycles. The topological polar surface area (TPSA) is 58.4 Å². The Bertz CT molecular complexity index is 335. The van der Waals surface area contributed by atoms with Crippen molar-refractivity contribution in [2.75, 3.05) is 13.6 Å². The first-order valence-electron chi connectivity index (χ1n) is 8.79. The number of hydrogen-bond acceptors (Lipinski definition) is 3. The fraction of sp³-hybridized carbons (Fsp3) is 0.941. The first-order valence-corrected chi connectivity index (χ1v) is 8.79. The molecule has 3 N–H and O–H groups in total. The average Bonchev–Trinajstić information content (AvgIpc) is 3.24. The van der Waals surface area contributed by atoms with Gasteiger partial charge in [0, 0.05) is 12.1 Å². The monoisotopic (exact) mass is 295 g/mol. The Morgan fingerprint density at radius 1 is 1.19 bits per heavy atom. The first-order chi connectivity index (χ1) is 10.0. The van der Waals surface area contributed by atoms with Gasteiger partial charge in [-0.1, -0.05) is 25.7 Å². The number of primary amides is 1. The van der Waals surface area contributed by atoms with Crippen LogP contribution in [0.25, 0.3) is 0 Å². The van der Waals surface area contributed by atoms with Crippen molar-refractivity contribution in [2.45, 2.75) is 88.8 Å². The van der Waals surface area contributed by atoms with Crippen LogP contribution in [0.3, 0.4) is 0 Å². The van der Waals surface area contributed by atoms with Crippen LogP contribution in [-0.4, -0.2) is 42.0 Å². The number of amides is 1. The number of carbonyl (C=O) groups excluding carboxylic acids is 1. The molecule has 21 heavy (non-hydrogen) atoms. The van der Waals surface area contributed by atoms with Crippen LogP contribution in [0.2, 0.25) is 0 Å². The van der Waals surface area contributed by atoms with Crippen LogP contribution in [0, 0.1) is 0 Å². The molecule has 1 amide bonds. The van der Waals surface area contributed by atoms with E-state index in [0.717, 1.165) is 25.4 Å². The van der Waals surface area contributed by atoms with Crippen LogP contribution in [0.4, 0.5) is 0 Å². The van der Waals surface area contributed by atoms with Gasteiger partial charge in [0.2, 0.25) is 5.91 Å². The summed E-state index contributed by atoms with van der Waals surface area (Å²) in [5.74, 6) is -0.202. The van der Waals surface area contributed by atoms with Crippen molar-refractivity contribution < 1.29 is 4.79 Å². The van der Waals surface area contributed by atoms with E-state index < -0.39 is 5.54 Å². The molecule has 0 heterocycles. The lowest BCUT2D eigenvalue weighted by Crippen LogP contribution is -2.54. The Balaban J connectivity index is 1.74. The molecule has 0 aliphatic heterocycles. The molecule has 1 unspecified atom stereocenters. The van der Waals surface area contributed by atoms with E-state index in [2.05, 4.69) is 17.3 Å². The van der Waals surface area contributed by atoms with Crippen molar-refractivity contribution in [1.29, 1.82) is 0 Å². The van der Waals surface area contributed by atoms with Gasteiger partial charge in [-0.25, -0.2) is 0 Å². The van der Waals surface area contributed by atoms with Crippen LogP contribution < -0.4 is 11.1 Å². The Labute approximate surface area is 129 Å². The summed E-state index contributed by atoms with van der Waals surface area (Å²) in [6, 6.07) is 1.26. The highest BCUT2D eigenvalue weighted by Crippen LogP contribution is 2.25. The SMILES string of the molecule is CN(CCCC(C)(NC1CC1)C(N)=O)C1CCCCCC1. The Morgan fingerprint density at radius 3 is 2.33 bits per heavy atom. The third-order valence-electron chi connectivity index (χ3n) is 5.28. The number of nitrogens with two attached hydrogens (primary N) is 1. The Morgan fingerprint density at radius 2 is 1.81 bits per heavy atom. The lowest BCUT2D eigenvalue weighted by molar-refractivity contribution is -0.124.